The van der Waals surface area contributed by atoms with Gasteiger partial charge in [-0.25, -0.2) is 4.98 Å². The van der Waals surface area contributed by atoms with Crippen LogP contribution in [-0.4, -0.2) is 40.7 Å². The van der Waals surface area contributed by atoms with Gasteiger partial charge in [0.15, 0.2) is 0 Å². The number of unbranched alkanes of at least 4 members (excludes halogenated alkanes) is 3. The van der Waals surface area contributed by atoms with Crippen molar-refractivity contribution >= 4 is 22.5 Å². The smallest absolute Gasteiger partial charge is 0.258 e. The van der Waals surface area contributed by atoms with Crippen LogP contribution in [0.4, 0.5) is 5.69 Å². The monoisotopic (exact) mass is 446 g/mol. The number of aromatic nitrogens is 2. The van der Waals surface area contributed by atoms with Gasteiger partial charge in [0.1, 0.15) is 5.82 Å². The lowest BCUT2D eigenvalue weighted by Gasteiger charge is -2.23. The number of aliphatic hydroxyl groups excluding tert-OH is 1. The Balaban J connectivity index is 1.66. The molecule has 0 aliphatic rings. The minimum absolute atomic E-state index is 0.108. The number of hydrogen-bond donors (Lipinski definition) is 3. The second-order valence-electron chi connectivity index (χ2n) is 8.00. The molecule has 33 heavy (non-hydrogen) atoms. The third kappa shape index (κ3) is 6.67. The van der Waals surface area contributed by atoms with Crippen LogP contribution < -0.4 is 15.8 Å². The lowest BCUT2D eigenvalue weighted by Crippen LogP contribution is -2.25. The van der Waals surface area contributed by atoms with Gasteiger partial charge in [-0.3, -0.25) is 9.59 Å². The predicted octanol–water partition coefficient (Wildman–Crippen LogP) is 3.15. The lowest BCUT2D eigenvalue weighted by atomic mass is 10.1. The van der Waals surface area contributed by atoms with Crippen LogP contribution in [0.2, 0.25) is 0 Å². The maximum absolute atomic E-state index is 12.4. The Labute approximate surface area is 193 Å². The number of nitrogens with zero attached hydrogens (tertiary/aromatic N) is 2. The summed E-state index contributed by atoms with van der Waals surface area (Å²) in [5.41, 5.74) is 2.92. The van der Waals surface area contributed by atoms with E-state index in [1.165, 1.54) is 0 Å². The highest BCUT2D eigenvalue weighted by molar-refractivity contribution is 5.94. The standard InChI is InChI=1S/C26H30N4O3/c1-3-15-30(18-20-8-13-24-23(17-20)26(33)29-19(2)28-24)22-11-9-21(10-12-22)25(32)27-14-6-4-5-7-16-31/h1,8-13,17,31H,4-7,14-16,18H2,2H3,(H,27,32)(H,28,29,33). The molecule has 7 nitrogen and oxygen atoms in total. The first-order valence-electron chi connectivity index (χ1n) is 11.2. The van der Waals surface area contributed by atoms with Crippen molar-refractivity contribution in [3.63, 3.8) is 0 Å². The molecule has 2 aromatic carbocycles. The number of H-pyrrole nitrogens is 1. The van der Waals surface area contributed by atoms with Gasteiger partial charge in [0, 0.05) is 30.9 Å². The number of anilines is 1. The second-order valence-corrected chi connectivity index (χ2v) is 8.00. The fraction of sp³-hybridized carbons (Fsp3) is 0.346. The summed E-state index contributed by atoms with van der Waals surface area (Å²) in [5.74, 6) is 3.16. The molecule has 0 bridgehead atoms. The molecule has 1 aromatic heterocycles. The van der Waals surface area contributed by atoms with Crippen molar-refractivity contribution in [1.29, 1.82) is 0 Å². The molecule has 0 unspecified atom stereocenters. The number of nitrogens with one attached hydrogen (secondary N) is 2. The summed E-state index contributed by atoms with van der Waals surface area (Å²) >= 11 is 0. The lowest BCUT2D eigenvalue weighted by molar-refractivity contribution is 0.0953. The molecule has 7 heteroatoms. The Morgan fingerprint density at radius 2 is 1.91 bits per heavy atom. The minimum Gasteiger partial charge on any atom is -0.396 e. The van der Waals surface area contributed by atoms with Crippen LogP contribution in [0.25, 0.3) is 10.9 Å². The Kier molecular flexibility index (Phi) is 8.62. The van der Waals surface area contributed by atoms with Crippen molar-refractivity contribution in [2.75, 3.05) is 24.6 Å². The number of fused-ring (bicyclic) bond motifs is 1. The van der Waals surface area contributed by atoms with Crippen LogP contribution in [-0.2, 0) is 6.54 Å². The van der Waals surface area contributed by atoms with Crippen LogP contribution in [0.15, 0.2) is 47.3 Å². The molecule has 3 rings (SSSR count). The van der Waals surface area contributed by atoms with Gasteiger partial charge in [0.05, 0.1) is 17.4 Å². The van der Waals surface area contributed by atoms with E-state index in [0.717, 1.165) is 36.9 Å². The molecule has 0 aliphatic carbocycles. The Morgan fingerprint density at radius 1 is 1.15 bits per heavy atom. The third-order valence-electron chi connectivity index (χ3n) is 5.41. The number of carbonyl (C=O) groups excluding carboxylic acids is 1. The zero-order valence-corrected chi connectivity index (χ0v) is 18.9. The number of aliphatic hydroxyl groups is 1. The third-order valence-corrected chi connectivity index (χ3v) is 5.41. The number of carbonyl (C=O) groups is 1. The molecule has 3 N–H and O–H groups in total. The molecule has 0 fully saturated rings. The first kappa shape index (κ1) is 24.0. The highest BCUT2D eigenvalue weighted by Crippen LogP contribution is 2.20. The van der Waals surface area contributed by atoms with Gasteiger partial charge in [0.2, 0.25) is 0 Å². The van der Waals surface area contributed by atoms with Crippen LogP contribution in [0, 0.1) is 19.3 Å². The molecule has 3 aromatic rings. The highest BCUT2D eigenvalue weighted by Gasteiger charge is 2.11. The zero-order chi connectivity index (χ0) is 23.6. The number of hydrogen-bond acceptors (Lipinski definition) is 5. The molecular formula is C26H30N4O3. The highest BCUT2D eigenvalue weighted by atomic mass is 16.3. The van der Waals surface area contributed by atoms with E-state index in [4.69, 9.17) is 11.5 Å². The average molecular weight is 447 g/mol. The van der Waals surface area contributed by atoms with E-state index >= 15 is 0 Å². The fourth-order valence-corrected chi connectivity index (χ4v) is 3.69. The van der Waals surface area contributed by atoms with E-state index in [1.807, 2.05) is 35.2 Å². The SMILES string of the molecule is C#CCN(Cc1ccc2nc(C)[nH]c(=O)c2c1)c1ccc(C(=O)NCCCCCCO)cc1. The summed E-state index contributed by atoms with van der Waals surface area (Å²) in [6.45, 7) is 3.50. The molecule has 0 saturated carbocycles. The summed E-state index contributed by atoms with van der Waals surface area (Å²) in [6.07, 6.45) is 9.24. The topological polar surface area (TPSA) is 98.3 Å². The molecule has 0 saturated heterocycles. The number of rotatable bonds is 11. The molecule has 172 valence electrons. The van der Waals surface area contributed by atoms with Crippen molar-refractivity contribution in [3.8, 4) is 12.3 Å². The van der Waals surface area contributed by atoms with E-state index in [9.17, 15) is 9.59 Å². The molecule has 0 atom stereocenters. The van der Waals surface area contributed by atoms with E-state index in [2.05, 4.69) is 21.2 Å². The van der Waals surface area contributed by atoms with Crippen LogP contribution in [0.3, 0.4) is 0 Å². The Bertz CT molecular complexity index is 1180. The number of terminal acetylenes is 1. The number of aromatic amines is 1. The van der Waals surface area contributed by atoms with Crippen molar-refractivity contribution in [2.24, 2.45) is 0 Å². The van der Waals surface area contributed by atoms with Gasteiger partial charge < -0.3 is 20.3 Å². The van der Waals surface area contributed by atoms with Gasteiger partial charge in [-0.1, -0.05) is 24.8 Å². The quantitative estimate of drug-likeness (QED) is 0.310. The fourth-order valence-electron chi connectivity index (χ4n) is 3.69. The van der Waals surface area contributed by atoms with Crippen molar-refractivity contribution < 1.29 is 9.90 Å². The van der Waals surface area contributed by atoms with Gasteiger partial charge in [-0.05, 0) is 61.7 Å². The maximum atomic E-state index is 12.4. The van der Waals surface area contributed by atoms with E-state index in [-0.39, 0.29) is 18.1 Å². The van der Waals surface area contributed by atoms with Crippen molar-refractivity contribution in [3.05, 3.63) is 69.8 Å². The summed E-state index contributed by atoms with van der Waals surface area (Å²) < 4.78 is 0. The van der Waals surface area contributed by atoms with Gasteiger partial charge in [-0.2, -0.15) is 0 Å². The van der Waals surface area contributed by atoms with Crippen molar-refractivity contribution in [2.45, 2.75) is 39.2 Å². The normalized spacial score (nSPS) is 10.7. The average Bonchev–Trinajstić information content (AvgIpc) is 2.81. The van der Waals surface area contributed by atoms with E-state index in [1.54, 1.807) is 19.1 Å². The van der Waals surface area contributed by atoms with E-state index in [0.29, 0.717) is 41.9 Å². The van der Waals surface area contributed by atoms with E-state index < -0.39 is 0 Å². The molecule has 0 spiro atoms. The van der Waals surface area contributed by atoms with Gasteiger partial charge >= 0.3 is 0 Å². The van der Waals surface area contributed by atoms with Crippen LogP contribution in [0.1, 0.15) is 47.4 Å². The number of amides is 1. The van der Waals surface area contributed by atoms with Crippen molar-refractivity contribution in [1.82, 2.24) is 15.3 Å². The summed E-state index contributed by atoms with van der Waals surface area (Å²) in [5, 5.41) is 12.3. The van der Waals surface area contributed by atoms with Gasteiger partial charge in [-0.15, -0.1) is 6.42 Å². The maximum Gasteiger partial charge on any atom is 0.258 e. The first-order chi connectivity index (χ1) is 16.0. The van der Waals surface area contributed by atoms with Gasteiger partial charge in [0.25, 0.3) is 11.5 Å². The molecule has 1 amide bonds. The van der Waals surface area contributed by atoms with Crippen LogP contribution >= 0.6 is 0 Å². The minimum atomic E-state index is -0.161. The Morgan fingerprint density at radius 3 is 2.64 bits per heavy atom. The summed E-state index contributed by atoms with van der Waals surface area (Å²) in [6, 6.07) is 13.0. The predicted molar refractivity (Wildman–Crippen MR) is 131 cm³/mol. The molecule has 0 radical (unpaired) electrons. The Hall–Kier alpha value is -3.63. The molecular weight excluding hydrogens is 416 g/mol. The second kappa shape index (κ2) is 11.8. The zero-order valence-electron chi connectivity index (χ0n) is 18.9. The largest absolute Gasteiger partial charge is 0.396 e. The van der Waals surface area contributed by atoms with Crippen LogP contribution in [0.5, 0.6) is 0 Å². The summed E-state index contributed by atoms with van der Waals surface area (Å²) in [7, 11) is 0. The summed E-state index contributed by atoms with van der Waals surface area (Å²) in [4.78, 5) is 33.8. The number of aryl methyl sites for hydroxylation is 1. The first-order valence-corrected chi connectivity index (χ1v) is 11.2. The molecule has 1 heterocycles. The molecule has 0 aliphatic heterocycles. The number of benzene rings is 2.